The number of hydrogen-bond acceptors (Lipinski definition) is 2. The number of imide groups is 1. The van der Waals surface area contributed by atoms with Crippen LogP contribution in [0.25, 0.3) is 0 Å². The summed E-state index contributed by atoms with van der Waals surface area (Å²) in [7, 11) is 0. The summed E-state index contributed by atoms with van der Waals surface area (Å²) in [6, 6.07) is -0.731. The van der Waals surface area contributed by atoms with Gasteiger partial charge in [0.05, 0.1) is 0 Å². The minimum Gasteiger partial charge on any atom is -0.351 e. The molecular weight excluding hydrogens is 180 g/mol. The number of urea groups is 1. The fraction of sp³-hybridized carbons (Fsp3) is 0.429. The fourth-order valence-electron chi connectivity index (χ4n) is 0.711. The lowest BCUT2D eigenvalue weighted by Gasteiger charge is -2.14. The third kappa shape index (κ3) is 3.39. The first-order valence-corrected chi connectivity index (χ1v) is 3.92. The molecule has 12 heavy (non-hydrogen) atoms. The van der Waals surface area contributed by atoms with Crippen LogP contribution in [0.2, 0.25) is 0 Å². The van der Waals surface area contributed by atoms with Gasteiger partial charge in [-0.1, -0.05) is 17.7 Å². The van der Waals surface area contributed by atoms with Gasteiger partial charge < -0.3 is 5.73 Å². The normalized spacial score (nSPS) is 10.2. The van der Waals surface area contributed by atoms with Crippen LogP contribution >= 0.6 is 11.6 Å². The van der Waals surface area contributed by atoms with Crippen molar-refractivity contribution in [2.24, 2.45) is 5.73 Å². The predicted octanol–water partition coefficient (Wildman–Crippen LogP) is 1.06. The maximum absolute atomic E-state index is 11.1. The van der Waals surface area contributed by atoms with Crippen LogP contribution < -0.4 is 5.73 Å². The second kappa shape index (κ2) is 5.60. The molecular formula is C7H11ClN2O2. The molecule has 0 aromatic carbocycles. The van der Waals surface area contributed by atoms with E-state index in [1.807, 2.05) is 0 Å². The summed E-state index contributed by atoms with van der Waals surface area (Å²) in [5.74, 6) is -0.345. The molecule has 0 aromatic heterocycles. The molecule has 0 saturated heterocycles. The van der Waals surface area contributed by atoms with E-state index < -0.39 is 6.03 Å². The van der Waals surface area contributed by atoms with E-state index in [-0.39, 0.29) is 18.9 Å². The average Bonchev–Trinajstić information content (AvgIpc) is 2.01. The third-order valence-electron chi connectivity index (χ3n) is 1.26. The first-order chi connectivity index (χ1) is 5.63. The Hall–Kier alpha value is -1.03. The summed E-state index contributed by atoms with van der Waals surface area (Å²) in [6.45, 7) is 1.96. The van der Waals surface area contributed by atoms with Crippen molar-refractivity contribution >= 4 is 23.5 Å². The third-order valence-corrected chi connectivity index (χ3v) is 1.44. The maximum atomic E-state index is 11.1. The van der Waals surface area contributed by atoms with Gasteiger partial charge in [-0.3, -0.25) is 9.69 Å². The number of carbonyl (C=O) groups is 2. The molecule has 4 nitrogen and oxygen atoms in total. The van der Waals surface area contributed by atoms with E-state index in [0.717, 1.165) is 4.90 Å². The van der Waals surface area contributed by atoms with Crippen molar-refractivity contribution in [1.82, 2.24) is 4.90 Å². The van der Waals surface area contributed by atoms with E-state index in [2.05, 4.69) is 0 Å². The number of amides is 3. The second-order valence-corrected chi connectivity index (χ2v) is 2.29. The Morgan fingerprint density at radius 1 is 1.58 bits per heavy atom. The SMILES string of the molecule is CCN(C(N)=O)C(=O)C/C=C/Cl. The molecule has 68 valence electrons. The summed E-state index contributed by atoms with van der Waals surface area (Å²) < 4.78 is 0. The monoisotopic (exact) mass is 190 g/mol. The number of halogens is 1. The van der Waals surface area contributed by atoms with Crippen LogP contribution in [0, 0.1) is 0 Å². The van der Waals surface area contributed by atoms with Crippen molar-refractivity contribution in [2.45, 2.75) is 13.3 Å². The topological polar surface area (TPSA) is 63.4 Å². The molecule has 0 aliphatic heterocycles. The van der Waals surface area contributed by atoms with Crippen molar-refractivity contribution in [3.05, 3.63) is 11.6 Å². The highest BCUT2D eigenvalue weighted by molar-refractivity contribution is 6.25. The predicted molar refractivity (Wildman–Crippen MR) is 46.6 cm³/mol. The lowest BCUT2D eigenvalue weighted by atomic mass is 10.3. The van der Waals surface area contributed by atoms with Gasteiger partial charge in [-0.05, 0) is 6.92 Å². The van der Waals surface area contributed by atoms with Crippen molar-refractivity contribution in [2.75, 3.05) is 6.54 Å². The highest BCUT2D eigenvalue weighted by atomic mass is 35.5. The fourth-order valence-corrected chi connectivity index (χ4v) is 0.800. The first-order valence-electron chi connectivity index (χ1n) is 3.48. The summed E-state index contributed by atoms with van der Waals surface area (Å²) in [6.07, 6.45) is 1.55. The van der Waals surface area contributed by atoms with Gasteiger partial charge >= 0.3 is 6.03 Å². The molecule has 2 N–H and O–H groups in total. The zero-order valence-corrected chi connectivity index (χ0v) is 7.54. The summed E-state index contributed by atoms with van der Waals surface area (Å²) in [5.41, 5.74) is 6.16. The molecule has 0 heterocycles. The first kappa shape index (κ1) is 11.0. The van der Waals surface area contributed by atoms with Crippen molar-refractivity contribution in [1.29, 1.82) is 0 Å². The van der Waals surface area contributed by atoms with Gasteiger partial charge in [0, 0.05) is 18.5 Å². The van der Waals surface area contributed by atoms with E-state index in [9.17, 15) is 9.59 Å². The minimum absolute atomic E-state index is 0.0975. The van der Waals surface area contributed by atoms with Crippen molar-refractivity contribution in [3.8, 4) is 0 Å². The standard InChI is InChI=1S/C7H11ClN2O2/c1-2-10(7(9)12)6(11)4-3-5-8/h3,5H,2,4H2,1H3,(H2,9,12)/b5-3+. The Bertz CT molecular complexity index is 204. The molecule has 0 fully saturated rings. The number of carbonyl (C=O) groups excluding carboxylic acids is 2. The Kier molecular flexibility index (Phi) is 5.12. The molecule has 0 atom stereocenters. The van der Waals surface area contributed by atoms with E-state index in [0.29, 0.717) is 0 Å². The largest absolute Gasteiger partial charge is 0.351 e. The Balaban J connectivity index is 4.12. The Morgan fingerprint density at radius 3 is 2.50 bits per heavy atom. The van der Waals surface area contributed by atoms with E-state index in [4.69, 9.17) is 17.3 Å². The van der Waals surface area contributed by atoms with Crippen LogP contribution in [0.15, 0.2) is 11.6 Å². The number of nitrogens with zero attached hydrogens (tertiary/aromatic N) is 1. The zero-order valence-electron chi connectivity index (χ0n) is 6.79. The van der Waals surface area contributed by atoms with Gasteiger partial charge in [-0.25, -0.2) is 4.79 Å². The van der Waals surface area contributed by atoms with E-state index in [1.54, 1.807) is 6.92 Å². The zero-order chi connectivity index (χ0) is 9.56. The average molecular weight is 191 g/mol. The molecule has 0 spiro atoms. The van der Waals surface area contributed by atoms with Crippen LogP contribution in [-0.2, 0) is 4.79 Å². The quantitative estimate of drug-likeness (QED) is 0.723. The minimum atomic E-state index is -0.731. The molecule has 3 amide bonds. The van der Waals surface area contributed by atoms with Gasteiger partial charge in [0.1, 0.15) is 0 Å². The number of hydrogen-bond donors (Lipinski definition) is 1. The molecule has 0 saturated carbocycles. The molecule has 0 rings (SSSR count). The molecule has 0 unspecified atom stereocenters. The highest BCUT2D eigenvalue weighted by Gasteiger charge is 2.14. The van der Waals surface area contributed by atoms with E-state index in [1.165, 1.54) is 11.6 Å². The maximum Gasteiger partial charge on any atom is 0.321 e. The smallest absolute Gasteiger partial charge is 0.321 e. The number of rotatable bonds is 3. The Morgan fingerprint density at radius 2 is 2.17 bits per heavy atom. The molecule has 0 bridgehead atoms. The summed E-state index contributed by atoms with van der Waals surface area (Å²) in [5, 5.41) is 0. The molecule has 0 aliphatic carbocycles. The van der Waals surface area contributed by atoms with Gasteiger partial charge in [0.15, 0.2) is 0 Å². The molecule has 5 heteroatoms. The Labute approximate surface area is 76.0 Å². The summed E-state index contributed by atoms with van der Waals surface area (Å²) >= 11 is 5.21. The van der Waals surface area contributed by atoms with Crippen LogP contribution in [0.1, 0.15) is 13.3 Å². The lowest BCUT2D eigenvalue weighted by molar-refractivity contribution is -0.127. The highest BCUT2D eigenvalue weighted by Crippen LogP contribution is 1.95. The number of primary amides is 1. The molecule has 0 aromatic rings. The number of nitrogens with two attached hydrogens (primary N) is 1. The second-order valence-electron chi connectivity index (χ2n) is 2.04. The lowest BCUT2D eigenvalue weighted by Crippen LogP contribution is -2.40. The van der Waals surface area contributed by atoms with Crippen LogP contribution in [0.3, 0.4) is 0 Å². The van der Waals surface area contributed by atoms with E-state index >= 15 is 0 Å². The van der Waals surface area contributed by atoms with Gasteiger partial charge in [-0.15, -0.1) is 0 Å². The van der Waals surface area contributed by atoms with Crippen LogP contribution in [0.5, 0.6) is 0 Å². The van der Waals surface area contributed by atoms with Crippen LogP contribution in [-0.4, -0.2) is 23.4 Å². The van der Waals surface area contributed by atoms with Gasteiger partial charge in [-0.2, -0.15) is 0 Å². The van der Waals surface area contributed by atoms with Gasteiger partial charge in [0.25, 0.3) is 0 Å². The molecule has 0 aliphatic rings. The van der Waals surface area contributed by atoms with Crippen molar-refractivity contribution < 1.29 is 9.59 Å². The summed E-state index contributed by atoms with van der Waals surface area (Å²) in [4.78, 5) is 22.7. The molecule has 0 radical (unpaired) electrons. The van der Waals surface area contributed by atoms with Crippen molar-refractivity contribution in [3.63, 3.8) is 0 Å². The van der Waals surface area contributed by atoms with Crippen LogP contribution in [0.4, 0.5) is 4.79 Å². The van der Waals surface area contributed by atoms with Gasteiger partial charge in [0.2, 0.25) is 5.91 Å².